The lowest BCUT2D eigenvalue weighted by molar-refractivity contribution is -0.132. The van der Waals surface area contributed by atoms with E-state index in [2.05, 4.69) is 16.4 Å². The fourth-order valence-electron chi connectivity index (χ4n) is 4.70. The number of nitrogens with one attached hydrogen (secondary N) is 1. The number of rotatable bonds is 5. The molecule has 32 heavy (non-hydrogen) atoms. The van der Waals surface area contributed by atoms with E-state index in [1.807, 2.05) is 35.2 Å². The van der Waals surface area contributed by atoms with Crippen molar-refractivity contribution in [1.29, 1.82) is 0 Å². The van der Waals surface area contributed by atoms with E-state index >= 15 is 0 Å². The Morgan fingerprint density at radius 2 is 1.97 bits per heavy atom. The molecule has 0 spiro atoms. The van der Waals surface area contributed by atoms with Gasteiger partial charge in [0.25, 0.3) is 0 Å². The van der Waals surface area contributed by atoms with E-state index in [4.69, 9.17) is 5.73 Å². The molecule has 0 radical (unpaired) electrons. The smallest absolute Gasteiger partial charge is 0.226 e. The topological polar surface area (TPSA) is 109 Å². The van der Waals surface area contributed by atoms with Crippen molar-refractivity contribution in [2.75, 3.05) is 29.9 Å². The van der Waals surface area contributed by atoms with E-state index in [1.54, 1.807) is 18.0 Å². The molecule has 2 aliphatic heterocycles. The van der Waals surface area contributed by atoms with Crippen LogP contribution in [0.4, 0.5) is 11.5 Å². The highest BCUT2D eigenvalue weighted by Crippen LogP contribution is 2.32. The van der Waals surface area contributed by atoms with Crippen molar-refractivity contribution in [3.63, 3.8) is 0 Å². The summed E-state index contributed by atoms with van der Waals surface area (Å²) in [5.41, 5.74) is 8.28. The van der Waals surface area contributed by atoms with Gasteiger partial charge in [0.15, 0.2) is 0 Å². The zero-order chi connectivity index (χ0) is 22.7. The van der Waals surface area contributed by atoms with E-state index in [0.717, 1.165) is 37.2 Å². The zero-order valence-electron chi connectivity index (χ0n) is 18.3. The molecule has 2 atom stereocenters. The Kier molecular flexibility index (Phi) is 6.39. The summed E-state index contributed by atoms with van der Waals surface area (Å²) >= 11 is 0. The molecule has 1 saturated heterocycles. The molecule has 1 aromatic heterocycles. The second kappa shape index (κ2) is 9.38. The zero-order valence-corrected chi connectivity index (χ0v) is 18.3. The second-order valence-electron chi connectivity index (χ2n) is 8.52. The summed E-state index contributed by atoms with van der Waals surface area (Å²) in [4.78, 5) is 44.8. The molecule has 3 N–H and O–H groups in total. The van der Waals surface area contributed by atoms with Gasteiger partial charge in [0.2, 0.25) is 17.7 Å². The first-order valence-corrected chi connectivity index (χ1v) is 11.1. The van der Waals surface area contributed by atoms with Gasteiger partial charge in [-0.25, -0.2) is 4.98 Å². The Morgan fingerprint density at radius 3 is 2.69 bits per heavy atom. The number of aromatic nitrogens is 1. The molecule has 0 saturated carbocycles. The Morgan fingerprint density at radius 1 is 1.16 bits per heavy atom. The first-order valence-electron chi connectivity index (χ1n) is 11.1. The Hall–Kier alpha value is -3.42. The maximum atomic E-state index is 12.8. The number of primary amides is 1. The van der Waals surface area contributed by atoms with Crippen LogP contribution in [0.15, 0.2) is 42.6 Å². The molecule has 2 aromatic rings. The molecule has 3 heterocycles. The molecule has 4 rings (SSSR count). The number of nitrogens with two attached hydrogens (primary N) is 1. The number of piperidine rings is 1. The van der Waals surface area contributed by atoms with Gasteiger partial charge in [-0.2, -0.15) is 0 Å². The molecule has 0 bridgehead atoms. The van der Waals surface area contributed by atoms with Crippen LogP contribution in [-0.4, -0.2) is 47.2 Å². The van der Waals surface area contributed by atoms with E-state index < -0.39 is 0 Å². The Balaban J connectivity index is 1.42. The molecular formula is C24H29N5O3. The number of hydrogen-bond donors (Lipinski definition) is 2. The number of anilines is 2. The van der Waals surface area contributed by atoms with Crippen LogP contribution in [0.25, 0.3) is 0 Å². The molecule has 8 heteroatoms. The van der Waals surface area contributed by atoms with Crippen LogP contribution in [0.1, 0.15) is 43.4 Å². The van der Waals surface area contributed by atoms with Crippen molar-refractivity contribution in [1.82, 2.24) is 9.88 Å². The van der Waals surface area contributed by atoms with Crippen LogP contribution in [0.3, 0.4) is 0 Å². The number of carbonyl (C=O) groups is 3. The number of carbonyl (C=O) groups excluding carboxylic acids is 3. The highest BCUT2D eigenvalue weighted by molar-refractivity contribution is 5.91. The van der Waals surface area contributed by atoms with Gasteiger partial charge in [-0.15, -0.1) is 0 Å². The van der Waals surface area contributed by atoms with Crippen LogP contribution < -0.4 is 16.0 Å². The number of nitrogens with zero attached hydrogens (tertiary/aromatic N) is 3. The van der Waals surface area contributed by atoms with Gasteiger partial charge in [0.1, 0.15) is 5.82 Å². The summed E-state index contributed by atoms with van der Waals surface area (Å²) in [6.45, 7) is 3.55. The first-order chi connectivity index (χ1) is 15.4. The van der Waals surface area contributed by atoms with Crippen LogP contribution in [-0.2, 0) is 20.8 Å². The summed E-state index contributed by atoms with van der Waals surface area (Å²) in [5, 5.41) is 2.90. The van der Waals surface area contributed by atoms with E-state index in [1.165, 1.54) is 5.56 Å². The van der Waals surface area contributed by atoms with Gasteiger partial charge in [-0.1, -0.05) is 24.3 Å². The van der Waals surface area contributed by atoms with Crippen molar-refractivity contribution in [2.24, 2.45) is 11.7 Å². The number of hydrogen-bond acceptors (Lipinski definition) is 5. The summed E-state index contributed by atoms with van der Waals surface area (Å²) in [6.07, 6.45) is 4.31. The second-order valence-corrected chi connectivity index (χ2v) is 8.52. The van der Waals surface area contributed by atoms with Gasteiger partial charge in [-0.05, 0) is 42.5 Å². The number of amides is 3. The van der Waals surface area contributed by atoms with Crippen molar-refractivity contribution >= 4 is 29.2 Å². The third-order valence-corrected chi connectivity index (χ3v) is 6.37. The molecule has 8 nitrogen and oxygen atoms in total. The molecular weight excluding hydrogens is 406 g/mol. The van der Waals surface area contributed by atoms with E-state index in [-0.39, 0.29) is 36.1 Å². The van der Waals surface area contributed by atoms with E-state index in [0.29, 0.717) is 18.8 Å². The number of benzene rings is 1. The fraction of sp³-hybridized carbons (Fsp3) is 0.417. The third-order valence-electron chi connectivity index (χ3n) is 6.37. The third kappa shape index (κ3) is 4.74. The molecule has 3 amide bonds. The molecule has 0 aliphatic carbocycles. The molecule has 1 fully saturated rings. The summed E-state index contributed by atoms with van der Waals surface area (Å²) in [7, 11) is 0. The fourth-order valence-corrected chi connectivity index (χ4v) is 4.70. The van der Waals surface area contributed by atoms with Crippen LogP contribution in [0, 0.1) is 5.92 Å². The van der Waals surface area contributed by atoms with Crippen molar-refractivity contribution in [3.8, 4) is 0 Å². The lowest BCUT2D eigenvalue weighted by atomic mass is 9.90. The molecule has 1 aromatic carbocycles. The minimum absolute atomic E-state index is 0.0286. The van der Waals surface area contributed by atoms with Gasteiger partial charge < -0.3 is 20.9 Å². The summed E-state index contributed by atoms with van der Waals surface area (Å²) in [6, 6.07) is 11.4. The number of pyridine rings is 1. The van der Waals surface area contributed by atoms with Gasteiger partial charge in [-0.3, -0.25) is 14.4 Å². The standard InChI is InChI=1S/C24H29N5O3/c1-16(30)29-12-10-17-5-2-3-7-20(17)21(29)13-23(31)27-19-8-9-22(26-14-19)28-11-4-6-18(15-28)24(25)32/h2-3,5,7-9,14,18,21H,4,6,10-13,15H2,1H3,(H2,25,32)(H,27,31). The maximum Gasteiger partial charge on any atom is 0.226 e. The van der Waals surface area contributed by atoms with Crippen molar-refractivity contribution in [2.45, 2.75) is 38.6 Å². The predicted octanol–water partition coefficient (Wildman–Crippen LogP) is 2.26. The van der Waals surface area contributed by atoms with Crippen molar-refractivity contribution < 1.29 is 14.4 Å². The minimum Gasteiger partial charge on any atom is -0.369 e. The molecule has 2 unspecified atom stereocenters. The van der Waals surface area contributed by atoms with Crippen LogP contribution in [0.5, 0.6) is 0 Å². The molecule has 2 aliphatic rings. The van der Waals surface area contributed by atoms with E-state index in [9.17, 15) is 14.4 Å². The Bertz CT molecular complexity index is 1010. The highest BCUT2D eigenvalue weighted by Gasteiger charge is 2.30. The SMILES string of the molecule is CC(=O)N1CCc2ccccc2C1CC(=O)Nc1ccc(N2CCCC(C(N)=O)C2)nc1. The summed E-state index contributed by atoms with van der Waals surface area (Å²) in [5.74, 6) is 0.131. The van der Waals surface area contributed by atoms with Gasteiger partial charge in [0.05, 0.1) is 30.3 Å². The summed E-state index contributed by atoms with van der Waals surface area (Å²) < 4.78 is 0. The largest absolute Gasteiger partial charge is 0.369 e. The predicted molar refractivity (Wildman–Crippen MR) is 122 cm³/mol. The quantitative estimate of drug-likeness (QED) is 0.749. The van der Waals surface area contributed by atoms with Crippen molar-refractivity contribution in [3.05, 3.63) is 53.7 Å². The lowest BCUT2D eigenvalue weighted by Crippen LogP contribution is -2.41. The lowest BCUT2D eigenvalue weighted by Gasteiger charge is -2.36. The van der Waals surface area contributed by atoms with Crippen LogP contribution >= 0.6 is 0 Å². The normalized spacial score (nSPS) is 20.4. The average molecular weight is 436 g/mol. The highest BCUT2D eigenvalue weighted by atomic mass is 16.2. The first kappa shape index (κ1) is 21.8. The number of fused-ring (bicyclic) bond motifs is 1. The monoisotopic (exact) mass is 435 g/mol. The van der Waals surface area contributed by atoms with Gasteiger partial charge >= 0.3 is 0 Å². The Labute approximate surface area is 187 Å². The average Bonchev–Trinajstić information content (AvgIpc) is 2.79. The minimum atomic E-state index is -0.275. The van der Waals surface area contributed by atoms with Gasteiger partial charge in [0, 0.05) is 26.6 Å². The van der Waals surface area contributed by atoms with Crippen LogP contribution in [0.2, 0.25) is 0 Å². The molecule has 168 valence electrons. The maximum absolute atomic E-state index is 12.8.